The summed E-state index contributed by atoms with van der Waals surface area (Å²) in [5.41, 5.74) is 2.84. The molecule has 2 heterocycles. The van der Waals surface area contributed by atoms with Crippen LogP contribution >= 0.6 is 0 Å². The van der Waals surface area contributed by atoms with Crippen molar-refractivity contribution in [2.45, 2.75) is 26.3 Å². The van der Waals surface area contributed by atoms with Crippen LogP contribution in [0.4, 0.5) is 0 Å². The molecule has 1 aliphatic rings. The minimum absolute atomic E-state index is 0.565. The van der Waals surface area contributed by atoms with Crippen molar-refractivity contribution in [1.29, 1.82) is 5.26 Å². The molecule has 0 bridgehead atoms. The second kappa shape index (κ2) is 7.89. The third-order valence-electron chi connectivity index (χ3n) is 4.41. The summed E-state index contributed by atoms with van der Waals surface area (Å²) in [5.74, 6) is 1.17. The van der Waals surface area contributed by atoms with Gasteiger partial charge in [0.1, 0.15) is 0 Å². The molecule has 2 aromatic rings. The van der Waals surface area contributed by atoms with Crippen molar-refractivity contribution in [2.24, 2.45) is 5.92 Å². The fraction of sp³-hybridized carbons (Fsp3) is 0.421. The molecule has 1 aliphatic heterocycles. The smallest absolute Gasteiger partial charge is 0.233 e. The normalized spacial score (nSPS) is 15.8. The molecule has 24 heavy (non-hydrogen) atoms. The maximum atomic E-state index is 8.98. The Hall–Kier alpha value is -2.45. The maximum Gasteiger partial charge on any atom is 0.233 e. The van der Waals surface area contributed by atoms with Gasteiger partial charge in [-0.2, -0.15) is 10.4 Å². The number of hydrogen-bond donors (Lipinski definition) is 0. The van der Waals surface area contributed by atoms with Crippen molar-refractivity contribution >= 4 is 0 Å². The lowest BCUT2D eigenvalue weighted by Crippen LogP contribution is -2.35. The minimum atomic E-state index is 0.565. The number of benzene rings is 1. The quantitative estimate of drug-likeness (QED) is 0.847. The average Bonchev–Trinajstić information content (AvgIpc) is 2.63. The molecule has 0 amide bonds. The van der Waals surface area contributed by atoms with Crippen LogP contribution < -0.4 is 4.74 Å². The minimum Gasteiger partial charge on any atom is -0.476 e. The number of piperidine rings is 1. The van der Waals surface area contributed by atoms with E-state index < -0.39 is 0 Å². The van der Waals surface area contributed by atoms with Crippen molar-refractivity contribution in [2.75, 3.05) is 19.7 Å². The second-order valence-corrected chi connectivity index (χ2v) is 6.36. The fourth-order valence-corrected chi connectivity index (χ4v) is 2.98. The molecular formula is C19H22N4O. The molecule has 0 N–H and O–H groups in total. The van der Waals surface area contributed by atoms with Gasteiger partial charge in [-0.1, -0.05) is 12.1 Å². The predicted molar refractivity (Wildman–Crippen MR) is 91.4 cm³/mol. The highest BCUT2D eigenvalue weighted by Crippen LogP contribution is 2.20. The summed E-state index contributed by atoms with van der Waals surface area (Å²) in [4.78, 5) is 2.44. The molecule has 0 atom stereocenters. The van der Waals surface area contributed by atoms with Crippen LogP contribution in [0.5, 0.6) is 5.88 Å². The van der Waals surface area contributed by atoms with Crippen LogP contribution in [0.15, 0.2) is 36.4 Å². The monoisotopic (exact) mass is 322 g/mol. The van der Waals surface area contributed by atoms with Gasteiger partial charge in [0, 0.05) is 12.6 Å². The van der Waals surface area contributed by atoms with E-state index in [1.807, 2.05) is 37.3 Å². The van der Waals surface area contributed by atoms with E-state index in [2.05, 4.69) is 27.2 Å². The topological polar surface area (TPSA) is 62.0 Å². The first-order valence-corrected chi connectivity index (χ1v) is 8.37. The van der Waals surface area contributed by atoms with E-state index in [4.69, 9.17) is 10.00 Å². The Kier molecular flexibility index (Phi) is 5.39. The maximum absolute atomic E-state index is 8.98. The van der Waals surface area contributed by atoms with E-state index in [1.54, 1.807) is 0 Å². The van der Waals surface area contributed by atoms with Crippen molar-refractivity contribution in [3.05, 3.63) is 53.2 Å². The molecule has 1 aromatic carbocycles. The number of likely N-dealkylation sites (tertiary alicyclic amines) is 1. The zero-order valence-corrected chi connectivity index (χ0v) is 14.0. The van der Waals surface area contributed by atoms with Crippen LogP contribution in [0.3, 0.4) is 0 Å². The van der Waals surface area contributed by atoms with Crippen molar-refractivity contribution < 1.29 is 4.74 Å². The molecule has 1 fully saturated rings. The Labute approximate surface area is 142 Å². The summed E-state index contributed by atoms with van der Waals surface area (Å²) < 4.78 is 5.76. The number of rotatable bonds is 5. The Morgan fingerprint density at radius 1 is 1.21 bits per heavy atom. The molecule has 0 spiro atoms. The van der Waals surface area contributed by atoms with Crippen LogP contribution in [0.2, 0.25) is 0 Å². The van der Waals surface area contributed by atoms with Crippen LogP contribution in [-0.2, 0) is 6.54 Å². The molecule has 5 heteroatoms. The first kappa shape index (κ1) is 16.4. The van der Waals surface area contributed by atoms with Gasteiger partial charge in [-0.05, 0) is 62.5 Å². The third kappa shape index (κ3) is 4.53. The van der Waals surface area contributed by atoms with E-state index >= 15 is 0 Å². The lowest BCUT2D eigenvalue weighted by atomic mass is 9.97. The van der Waals surface area contributed by atoms with Gasteiger partial charge in [0.15, 0.2) is 0 Å². The van der Waals surface area contributed by atoms with Gasteiger partial charge >= 0.3 is 0 Å². The molecule has 124 valence electrons. The number of nitriles is 1. The highest BCUT2D eigenvalue weighted by molar-refractivity contribution is 5.32. The van der Waals surface area contributed by atoms with Gasteiger partial charge in [-0.15, -0.1) is 5.10 Å². The van der Waals surface area contributed by atoms with Crippen molar-refractivity contribution in [1.82, 2.24) is 15.1 Å². The number of aromatic nitrogens is 2. The van der Waals surface area contributed by atoms with E-state index in [0.717, 1.165) is 43.7 Å². The molecule has 3 rings (SSSR count). The highest BCUT2D eigenvalue weighted by atomic mass is 16.5. The molecule has 0 saturated carbocycles. The van der Waals surface area contributed by atoms with Gasteiger partial charge < -0.3 is 4.74 Å². The van der Waals surface area contributed by atoms with Gasteiger partial charge in [-0.25, -0.2) is 0 Å². The number of nitrogens with zero attached hydrogens (tertiary/aromatic N) is 4. The average molecular weight is 322 g/mol. The van der Waals surface area contributed by atoms with Crippen LogP contribution in [0.25, 0.3) is 0 Å². The molecule has 0 radical (unpaired) electrons. The predicted octanol–water partition coefficient (Wildman–Crippen LogP) is 2.95. The molecular weight excluding hydrogens is 300 g/mol. The fourth-order valence-electron chi connectivity index (χ4n) is 2.98. The van der Waals surface area contributed by atoms with Gasteiger partial charge in [0.2, 0.25) is 5.88 Å². The molecule has 5 nitrogen and oxygen atoms in total. The van der Waals surface area contributed by atoms with E-state index in [1.165, 1.54) is 5.56 Å². The third-order valence-corrected chi connectivity index (χ3v) is 4.41. The summed E-state index contributed by atoms with van der Waals surface area (Å²) in [6.07, 6.45) is 2.24. The SMILES string of the molecule is Cc1ccc(OCC2CCN(Cc3cccc(C#N)c3)CC2)nn1. The van der Waals surface area contributed by atoms with Gasteiger partial charge in [0.25, 0.3) is 0 Å². The number of ether oxygens (including phenoxy) is 1. The zero-order chi connectivity index (χ0) is 16.8. The lowest BCUT2D eigenvalue weighted by Gasteiger charge is -2.31. The summed E-state index contributed by atoms with van der Waals surface area (Å²) in [6.45, 7) is 5.65. The van der Waals surface area contributed by atoms with Gasteiger partial charge in [0.05, 0.1) is 23.9 Å². The van der Waals surface area contributed by atoms with Gasteiger partial charge in [-0.3, -0.25) is 4.90 Å². The number of hydrogen-bond acceptors (Lipinski definition) is 5. The van der Waals surface area contributed by atoms with Crippen LogP contribution in [0.1, 0.15) is 29.7 Å². The Bertz CT molecular complexity index is 700. The summed E-state index contributed by atoms with van der Waals surface area (Å²) in [5, 5.41) is 17.0. The van der Waals surface area contributed by atoms with Crippen LogP contribution in [0, 0.1) is 24.2 Å². The van der Waals surface area contributed by atoms with Crippen molar-refractivity contribution in [3.63, 3.8) is 0 Å². The summed E-state index contributed by atoms with van der Waals surface area (Å²) >= 11 is 0. The van der Waals surface area contributed by atoms with Crippen LogP contribution in [-0.4, -0.2) is 34.8 Å². The molecule has 0 aliphatic carbocycles. The first-order valence-electron chi connectivity index (χ1n) is 8.37. The molecule has 1 aromatic heterocycles. The van der Waals surface area contributed by atoms with E-state index in [-0.39, 0.29) is 0 Å². The largest absolute Gasteiger partial charge is 0.476 e. The summed E-state index contributed by atoms with van der Waals surface area (Å²) in [7, 11) is 0. The second-order valence-electron chi connectivity index (χ2n) is 6.36. The van der Waals surface area contributed by atoms with Crippen molar-refractivity contribution in [3.8, 4) is 11.9 Å². The Morgan fingerprint density at radius 2 is 2.04 bits per heavy atom. The summed E-state index contributed by atoms with van der Waals surface area (Å²) in [6, 6.07) is 13.9. The molecule has 1 saturated heterocycles. The first-order chi connectivity index (χ1) is 11.7. The molecule has 0 unspecified atom stereocenters. The Balaban J connectivity index is 1.43. The number of aryl methyl sites for hydroxylation is 1. The highest BCUT2D eigenvalue weighted by Gasteiger charge is 2.20. The zero-order valence-electron chi connectivity index (χ0n) is 14.0. The standard InChI is InChI=1S/C19H22N4O/c1-15-5-6-19(22-21-15)24-14-16-7-9-23(10-8-16)13-18-4-2-3-17(11-18)12-20/h2-6,11,16H,7-10,13-14H2,1H3. The van der Waals surface area contributed by atoms with E-state index in [9.17, 15) is 0 Å². The Morgan fingerprint density at radius 3 is 2.75 bits per heavy atom. The lowest BCUT2D eigenvalue weighted by molar-refractivity contribution is 0.134. The van der Waals surface area contributed by atoms with E-state index in [0.29, 0.717) is 18.4 Å².